The summed E-state index contributed by atoms with van der Waals surface area (Å²) in [6.45, 7) is 2.00. The molecule has 1 N–H and O–H groups in total. The summed E-state index contributed by atoms with van der Waals surface area (Å²) in [7, 11) is 0. The lowest BCUT2D eigenvalue weighted by atomic mass is 9.85. The van der Waals surface area contributed by atoms with E-state index in [2.05, 4.69) is 5.32 Å². The third-order valence-electron chi connectivity index (χ3n) is 2.89. The smallest absolute Gasteiger partial charge is 0.140 e. The van der Waals surface area contributed by atoms with Crippen LogP contribution in [-0.2, 0) is 4.79 Å². The standard InChI is InChI=1S/C8H13NO/c10-7-2-1-3-8(7)4-5-9-6-8/h9H,1-6H2/t8-/m1/s1. The number of hydrogen-bond acceptors (Lipinski definition) is 2. The summed E-state index contributed by atoms with van der Waals surface area (Å²) in [5.41, 5.74) is 0.0972. The molecule has 2 heteroatoms. The molecule has 1 heterocycles. The van der Waals surface area contributed by atoms with Crippen molar-refractivity contribution in [2.24, 2.45) is 5.41 Å². The predicted octanol–water partition coefficient (Wildman–Crippen LogP) is 0.719. The van der Waals surface area contributed by atoms with Crippen LogP contribution in [0.3, 0.4) is 0 Å². The first-order valence-corrected chi connectivity index (χ1v) is 4.08. The van der Waals surface area contributed by atoms with Crippen molar-refractivity contribution in [3.8, 4) is 0 Å². The first kappa shape index (κ1) is 6.35. The molecule has 1 saturated heterocycles. The third kappa shape index (κ3) is 0.717. The van der Waals surface area contributed by atoms with E-state index in [1.807, 2.05) is 0 Å². The van der Waals surface area contributed by atoms with E-state index in [0.29, 0.717) is 5.78 Å². The van der Waals surface area contributed by atoms with E-state index in [9.17, 15) is 4.79 Å². The second-order valence-electron chi connectivity index (χ2n) is 3.48. The van der Waals surface area contributed by atoms with Crippen molar-refractivity contribution in [2.45, 2.75) is 25.7 Å². The van der Waals surface area contributed by atoms with E-state index in [-0.39, 0.29) is 5.41 Å². The molecule has 2 fully saturated rings. The molecular weight excluding hydrogens is 126 g/mol. The number of hydrogen-bond donors (Lipinski definition) is 1. The second kappa shape index (κ2) is 2.06. The van der Waals surface area contributed by atoms with Crippen LogP contribution in [0.4, 0.5) is 0 Å². The van der Waals surface area contributed by atoms with Gasteiger partial charge in [-0.2, -0.15) is 0 Å². The summed E-state index contributed by atoms with van der Waals surface area (Å²) >= 11 is 0. The molecule has 0 aromatic rings. The molecule has 1 spiro atoms. The molecule has 0 unspecified atom stereocenters. The Morgan fingerprint density at radius 1 is 1.40 bits per heavy atom. The number of nitrogens with one attached hydrogen (secondary N) is 1. The van der Waals surface area contributed by atoms with E-state index in [0.717, 1.165) is 38.8 Å². The Morgan fingerprint density at radius 3 is 2.80 bits per heavy atom. The van der Waals surface area contributed by atoms with Crippen LogP contribution in [0.5, 0.6) is 0 Å². The lowest BCUT2D eigenvalue weighted by Gasteiger charge is -2.17. The Balaban J connectivity index is 2.19. The Bertz CT molecular complexity index is 153. The van der Waals surface area contributed by atoms with Gasteiger partial charge in [0, 0.05) is 18.4 Å². The zero-order valence-electron chi connectivity index (χ0n) is 6.15. The van der Waals surface area contributed by atoms with Gasteiger partial charge in [0.25, 0.3) is 0 Å². The largest absolute Gasteiger partial charge is 0.316 e. The van der Waals surface area contributed by atoms with Crippen LogP contribution in [0.2, 0.25) is 0 Å². The van der Waals surface area contributed by atoms with Crippen molar-refractivity contribution in [2.75, 3.05) is 13.1 Å². The number of carbonyl (C=O) groups excluding carboxylic acids is 1. The lowest BCUT2D eigenvalue weighted by molar-refractivity contribution is -0.124. The van der Waals surface area contributed by atoms with E-state index >= 15 is 0 Å². The molecule has 56 valence electrons. The fourth-order valence-electron chi connectivity index (χ4n) is 2.19. The van der Waals surface area contributed by atoms with Crippen molar-refractivity contribution in [1.82, 2.24) is 5.32 Å². The van der Waals surface area contributed by atoms with Gasteiger partial charge in [0.2, 0.25) is 0 Å². The van der Waals surface area contributed by atoms with Crippen LogP contribution in [0, 0.1) is 5.41 Å². The highest BCUT2D eigenvalue weighted by Crippen LogP contribution is 2.39. The topological polar surface area (TPSA) is 29.1 Å². The summed E-state index contributed by atoms with van der Waals surface area (Å²) in [5.74, 6) is 0.512. The average molecular weight is 139 g/mol. The van der Waals surface area contributed by atoms with Gasteiger partial charge in [-0.1, -0.05) is 0 Å². The Morgan fingerprint density at radius 2 is 2.30 bits per heavy atom. The highest BCUT2D eigenvalue weighted by Gasteiger charge is 2.43. The van der Waals surface area contributed by atoms with E-state index < -0.39 is 0 Å². The second-order valence-corrected chi connectivity index (χ2v) is 3.48. The quantitative estimate of drug-likeness (QED) is 0.535. The van der Waals surface area contributed by atoms with E-state index in [4.69, 9.17) is 0 Å². The molecule has 1 atom stereocenters. The van der Waals surface area contributed by atoms with Crippen molar-refractivity contribution in [3.63, 3.8) is 0 Å². The van der Waals surface area contributed by atoms with Crippen LogP contribution in [0.1, 0.15) is 25.7 Å². The predicted molar refractivity (Wildman–Crippen MR) is 38.8 cm³/mol. The monoisotopic (exact) mass is 139 g/mol. The van der Waals surface area contributed by atoms with Gasteiger partial charge >= 0.3 is 0 Å². The highest BCUT2D eigenvalue weighted by atomic mass is 16.1. The molecule has 2 nitrogen and oxygen atoms in total. The van der Waals surface area contributed by atoms with Crippen molar-refractivity contribution >= 4 is 5.78 Å². The molecule has 10 heavy (non-hydrogen) atoms. The summed E-state index contributed by atoms with van der Waals surface area (Å²) in [4.78, 5) is 11.4. The molecule has 1 aliphatic carbocycles. The molecule has 1 saturated carbocycles. The van der Waals surface area contributed by atoms with Gasteiger partial charge in [0.05, 0.1) is 0 Å². The zero-order chi connectivity index (χ0) is 7.03. The van der Waals surface area contributed by atoms with Gasteiger partial charge in [0.15, 0.2) is 0 Å². The third-order valence-corrected chi connectivity index (χ3v) is 2.89. The Hall–Kier alpha value is -0.370. The Labute approximate surface area is 61.0 Å². The van der Waals surface area contributed by atoms with Gasteiger partial charge in [-0.3, -0.25) is 4.79 Å². The molecule has 0 bridgehead atoms. The average Bonchev–Trinajstić information content (AvgIpc) is 2.48. The fraction of sp³-hybridized carbons (Fsp3) is 0.875. The molecule has 0 aromatic heterocycles. The normalized spacial score (nSPS) is 39.8. The minimum Gasteiger partial charge on any atom is -0.316 e. The molecule has 2 aliphatic rings. The van der Waals surface area contributed by atoms with Gasteiger partial charge in [-0.15, -0.1) is 0 Å². The minimum atomic E-state index is 0.0972. The van der Waals surface area contributed by atoms with E-state index in [1.165, 1.54) is 0 Å². The van der Waals surface area contributed by atoms with Crippen LogP contribution in [-0.4, -0.2) is 18.9 Å². The van der Waals surface area contributed by atoms with E-state index in [1.54, 1.807) is 0 Å². The van der Waals surface area contributed by atoms with Gasteiger partial charge < -0.3 is 5.32 Å². The first-order valence-electron chi connectivity index (χ1n) is 4.08. The molecule has 2 rings (SSSR count). The highest BCUT2D eigenvalue weighted by molar-refractivity contribution is 5.87. The number of Topliss-reactive ketones (excluding diaryl/α,β-unsaturated/α-hetero) is 1. The summed E-state index contributed by atoms with van der Waals surface area (Å²) in [6.07, 6.45) is 4.19. The molecule has 0 aromatic carbocycles. The number of carbonyl (C=O) groups is 1. The van der Waals surface area contributed by atoms with Crippen LogP contribution in [0.25, 0.3) is 0 Å². The molecule has 1 aliphatic heterocycles. The maximum Gasteiger partial charge on any atom is 0.140 e. The number of ketones is 1. The summed E-state index contributed by atoms with van der Waals surface area (Å²) < 4.78 is 0. The van der Waals surface area contributed by atoms with Crippen LogP contribution < -0.4 is 5.32 Å². The maximum absolute atomic E-state index is 11.4. The molecule has 0 radical (unpaired) electrons. The summed E-state index contributed by atoms with van der Waals surface area (Å²) in [6, 6.07) is 0. The van der Waals surface area contributed by atoms with Gasteiger partial charge in [0.1, 0.15) is 5.78 Å². The van der Waals surface area contributed by atoms with Gasteiger partial charge in [-0.05, 0) is 25.8 Å². The van der Waals surface area contributed by atoms with Crippen molar-refractivity contribution < 1.29 is 4.79 Å². The Kier molecular flexibility index (Phi) is 1.31. The first-order chi connectivity index (χ1) is 4.83. The maximum atomic E-state index is 11.4. The molecule has 0 amide bonds. The van der Waals surface area contributed by atoms with Crippen LogP contribution in [0.15, 0.2) is 0 Å². The zero-order valence-corrected chi connectivity index (χ0v) is 6.15. The molecular formula is C8H13NO. The minimum absolute atomic E-state index is 0.0972. The number of rotatable bonds is 0. The SMILES string of the molecule is O=C1CCC[C@]12CCNC2. The van der Waals surface area contributed by atoms with Crippen LogP contribution >= 0.6 is 0 Å². The lowest BCUT2D eigenvalue weighted by Crippen LogP contribution is -2.27. The van der Waals surface area contributed by atoms with Crippen molar-refractivity contribution in [3.05, 3.63) is 0 Å². The summed E-state index contributed by atoms with van der Waals surface area (Å²) in [5, 5.41) is 3.26. The van der Waals surface area contributed by atoms with Gasteiger partial charge in [-0.25, -0.2) is 0 Å². The fourth-order valence-corrected chi connectivity index (χ4v) is 2.19. The van der Waals surface area contributed by atoms with Crippen molar-refractivity contribution in [1.29, 1.82) is 0 Å².